The summed E-state index contributed by atoms with van der Waals surface area (Å²) < 4.78 is 26.3. The van der Waals surface area contributed by atoms with E-state index in [4.69, 9.17) is 22.6 Å². The van der Waals surface area contributed by atoms with Crippen LogP contribution < -0.4 is 5.90 Å². The van der Waals surface area contributed by atoms with E-state index in [1.54, 1.807) is 0 Å². The maximum Gasteiger partial charge on any atom is 0.151 e. The third-order valence-corrected chi connectivity index (χ3v) is 2.06. The number of phenols is 1. The van der Waals surface area contributed by atoms with Crippen molar-refractivity contribution in [3.8, 4) is 5.75 Å². The summed E-state index contributed by atoms with van der Waals surface area (Å²) in [7, 11) is 0. The van der Waals surface area contributed by atoms with Crippen LogP contribution in [0.5, 0.6) is 5.75 Å². The Labute approximate surface area is 84.0 Å². The SMILES string of the molecule is NOCCc1c(F)cc(O)c(Cl)c1F. The fourth-order valence-corrected chi connectivity index (χ4v) is 1.18. The summed E-state index contributed by atoms with van der Waals surface area (Å²) in [4.78, 5) is 4.19. The van der Waals surface area contributed by atoms with Gasteiger partial charge in [0.25, 0.3) is 0 Å². The maximum atomic E-state index is 13.2. The van der Waals surface area contributed by atoms with Gasteiger partial charge >= 0.3 is 0 Å². The molecule has 3 nitrogen and oxygen atoms in total. The first-order chi connectivity index (χ1) is 6.57. The smallest absolute Gasteiger partial charge is 0.151 e. The molecule has 0 fully saturated rings. The molecular weight excluding hydrogens is 216 g/mol. The van der Waals surface area contributed by atoms with Gasteiger partial charge in [-0.25, -0.2) is 14.7 Å². The molecule has 0 saturated carbocycles. The van der Waals surface area contributed by atoms with Gasteiger partial charge in [0.15, 0.2) is 5.82 Å². The van der Waals surface area contributed by atoms with E-state index in [0.29, 0.717) is 0 Å². The third-order valence-electron chi connectivity index (χ3n) is 1.70. The molecule has 1 rings (SSSR count). The molecule has 0 atom stereocenters. The highest BCUT2D eigenvalue weighted by molar-refractivity contribution is 6.32. The van der Waals surface area contributed by atoms with Gasteiger partial charge in [-0.3, -0.25) is 0 Å². The standard InChI is InChI=1S/C8H8ClF2NO2/c9-7-6(13)3-5(10)4(8(7)11)1-2-14-12/h3,13H,1-2,12H2. The van der Waals surface area contributed by atoms with Gasteiger partial charge in [-0.15, -0.1) is 0 Å². The fourth-order valence-electron chi connectivity index (χ4n) is 1.01. The average Bonchev–Trinajstić information content (AvgIpc) is 2.14. The zero-order valence-corrected chi connectivity index (χ0v) is 7.81. The second-order valence-electron chi connectivity index (χ2n) is 2.60. The summed E-state index contributed by atoms with van der Waals surface area (Å²) in [5.41, 5.74) is -0.252. The number of halogens is 3. The van der Waals surface area contributed by atoms with Crippen molar-refractivity contribution in [1.29, 1.82) is 0 Å². The van der Waals surface area contributed by atoms with E-state index in [1.807, 2.05) is 0 Å². The highest BCUT2D eigenvalue weighted by Crippen LogP contribution is 2.30. The molecule has 0 aliphatic heterocycles. The van der Waals surface area contributed by atoms with Crippen molar-refractivity contribution >= 4 is 11.6 Å². The van der Waals surface area contributed by atoms with Crippen LogP contribution in [0.2, 0.25) is 5.02 Å². The van der Waals surface area contributed by atoms with E-state index in [9.17, 15) is 8.78 Å². The van der Waals surface area contributed by atoms with Crippen molar-refractivity contribution in [3.63, 3.8) is 0 Å². The summed E-state index contributed by atoms with van der Waals surface area (Å²) in [6.07, 6.45) is -0.0475. The largest absolute Gasteiger partial charge is 0.506 e. The summed E-state index contributed by atoms with van der Waals surface area (Å²) in [6, 6.07) is 0.747. The van der Waals surface area contributed by atoms with E-state index in [0.717, 1.165) is 6.07 Å². The Hall–Kier alpha value is -0.910. The summed E-state index contributed by atoms with van der Waals surface area (Å²) in [6.45, 7) is -0.0328. The number of benzene rings is 1. The first kappa shape index (κ1) is 11.2. The molecule has 1 aromatic rings. The number of aromatic hydroxyl groups is 1. The van der Waals surface area contributed by atoms with Gasteiger partial charge in [0.1, 0.15) is 16.6 Å². The van der Waals surface area contributed by atoms with Gasteiger partial charge in [0.05, 0.1) is 6.61 Å². The second kappa shape index (κ2) is 4.54. The first-order valence-electron chi connectivity index (χ1n) is 3.75. The van der Waals surface area contributed by atoms with Gasteiger partial charge in [-0.1, -0.05) is 11.6 Å². The van der Waals surface area contributed by atoms with E-state index >= 15 is 0 Å². The van der Waals surface area contributed by atoms with Crippen LogP contribution in [0.15, 0.2) is 6.07 Å². The molecule has 0 unspecified atom stereocenters. The highest BCUT2D eigenvalue weighted by Gasteiger charge is 2.16. The van der Waals surface area contributed by atoms with Crippen LogP contribution in [0.1, 0.15) is 5.56 Å². The van der Waals surface area contributed by atoms with Crippen LogP contribution in [0.4, 0.5) is 8.78 Å². The first-order valence-corrected chi connectivity index (χ1v) is 4.12. The van der Waals surface area contributed by atoms with Crippen LogP contribution in [0.25, 0.3) is 0 Å². The fraction of sp³-hybridized carbons (Fsp3) is 0.250. The van der Waals surface area contributed by atoms with Crippen LogP contribution in [-0.2, 0) is 11.3 Å². The highest BCUT2D eigenvalue weighted by atomic mass is 35.5. The number of rotatable bonds is 3. The molecule has 0 aliphatic carbocycles. The molecule has 1 aromatic carbocycles. The Morgan fingerprint density at radius 2 is 2.14 bits per heavy atom. The molecule has 3 N–H and O–H groups in total. The molecule has 0 amide bonds. The summed E-state index contributed by atoms with van der Waals surface area (Å²) >= 11 is 5.37. The van der Waals surface area contributed by atoms with Crippen molar-refractivity contribution in [2.24, 2.45) is 5.90 Å². The van der Waals surface area contributed by atoms with E-state index in [2.05, 4.69) is 4.84 Å². The van der Waals surface area contributed by atoms with Crippen LogP contribution in [0.3, 0.4) is 0 Å². The average molecular weight is 224 g/mol. The van der Waals surface area contributed by atoms with E-state index in [-0.39, 0.29) is 18.6 Å². The minimum absolute atomic E-state index is 0.0328. The molecule has 78 valence electrons. The lowest BCUT2D eigenvalue weighted by atomic mass is 10.1. The molecule has 0 aromatic heterocycles. The Morgan fingerprint density at radius 3 is 2.71 bits per heavy atom. The van der Waals surface area contributed by atoms with E-state index in [1.165, 1.54) is 0 Å². The van der Waals surface area contributed by atoms with Gasteiger partial charge in [-0.2, -0.15) is 0 Å². The summed E-state index contributed by atoms with van der Waals surface area (Å²) in [5, 5.41) is 8.46. The van der Waals surface area contributed by atoms with Crippen molar-refractivity contribution < 1.29 is 18.7 Å². The zero-order chi connectivity index (χ0) is 10.7. The number of nitrogens with two attached hydrogens (primary N) is 1. The monoisotopic (exact) mass is 223 g/mol. The minimum Gasteiger partial charge on any atom is -0.506 e. The Morgan fingerprint density at radius 1 is 1.50 bits per heavy atom. The molecular formula is C8H8ClF2NO2. The normalized spacial score (nSPS) is 10.6. The Balaban J connectivity index is 3.09. The van der Waals surface area contributed by atoms with Gasteiger partial charge in [0, 0.05) is 18.1 Å². The van der Waals surface area contributed by atoms with Crippen molar-refractivity contribution in [2.45, 2.75) is 6.42 Å². The molecule has 0 aliphatic rings. The Kier molecular flexibility index (Phi) is 3.62. The Bertz CT molecular complexity index is 347. The van der Waals surface area contributed by atoms with Gasteiger partial charge in [0.2, 0.25) is 0 Å². The lowest BCUT2D eigenvalue weighted by Crippen LogP contribution is -2.07. The predicted octanol–water partition coefficient (Wildman–Crippen LogP) is 1.76. The zero-order valence-electron chi connectivity index (χ0n) is 7.06. The predicted molar refractivity (Wildman–Crippen MR) is 46.9 cm³/mol. The molecule has 0 spiro atoms. The van der Waals surface area contributed by atoms with Gasteiger partial charge in [-0.05, 0) is 0 Å². The van der Waals surface area contributed by atoms with Crippen LogP contribution in [0, 0.1) is 11.6 Å². The molecule has 6 heteroatoms. The summed E-state index contributed by atoms with van der Waals surface area (Å²) in [5.74, 6) is 2.23. The maximum absolute atomic E-state index is 13.2. The molecule has 0 saturated heterocycles. The lowest BCUT2D eigenvalue weighted by molar-refractivity contribution is 0.140. The minimum atomic E-state index is -0.985. The molecule has 0 bridgehead atoms. The number of phenolic OH excluding ortho intramolecular Hbond substituents is 1. The topological polar surface area (TPSA) is 55.5 Å². The third kappa shape index (κ3) is 2.12. The molecule has 14 heavy (non-hydrogen) atoms. The van der Waals surface area contributed by atoms with E-state index < -0.39 is 22.4 Å². The van der Waals surface area contributed by atoms with Crippen molar-refractivity contribution in [1.82, 2.24) is 0 Å². The number of hydrogen-bond donors (Lipinski definition) is 2. The quantitative estimate of drug-likeness (QED) is 0.606. The second-order valence-corrected chi connectivity index (χ2v) is 2.98. The van der Waals surface area contributed by atoms with Crippen molar-refractivity contribution in [2.75, 3.05) is 6.61 Å². The van der Waals surface area contributed by atoms with Crippen LogP contribution in [-0.4, -0.2) is 11.7 Å². The number of hydrogen-bond acceptors (Lipinski definition) is 3. The van der Waals surface area contributed by atoms with Gasteiger partial charge < -0.3 is 9.94 Å². The molecule has 0 radical (unpaired) electrons. The molecule has 0 heterocycles. The van der Waals surface area contributed by atoms with Crippen LogP contribution >= 0.6 is 11.6 Å². The lowest BCUT2D eigenvalue weighted by Gasteiger charge is -2.06. The van der Waals surface area contributed by atoms with Crippen molar-refractivity contribution in [3.05, 3.63) is 28.3 Å².